The van der Waals surface area contributed by atoms with Gasteiger partial charge in [0.15, 0.2) is 6.61 Å². The summed E-state index contributed by atoms with van der Waals surface area (Å²) >= 11 is 5.82. The van der Waals surface area contributed by atoms with Crippen LogP contribution < -0.4 is 20.3 Å². The molecule has 1 heterocycles. The zero-order valence-corrected chi connectivity index (χ0v) is 14.5. The van der Waals surface area contributed by atoms with E-state index < -0.39 is 0 Å². The van der Waals surface area contributed by atoms with Crippen LogP contribution in [0, 0.1) is 0 Å². The monoisotopic (exact) mass is 359 g/mol. The molecule has 0 unspecified atom stereocenters. The van der Waals surface area contributed by atoms with Gasteiger partial charge < -0.3 is 20.3 Å². The van der Waals surface area contributed by atoms with Crippen LogP contribution in [0.1, 0.15) is 13.3 Å². The zero-order valence-electron chi connectivity index (χ0n) is 13.7. The molecule has 7 heteroatoms. The minimum Gasteiger partial charge on any atom is -0.482 e. The highest BCUT2D eigenvalue weighted by Crippen LogP contribution is 2.34. The standard InChI is InChI=1S/C18H18ClN3O3/c1-2-9-22-15-10-14(7-8-16(15)25-11-17(22)23)21-18(24)20-13-5-3-12(19)4-6-13/h3-8,10H,2,9,11H2,1H3,(H2,20,21,24). The predicted octanol–water partition coefficient (Wildman–Crippen LogP) is 4.12. The van der Waals surface area contributed by atoms with Crippen LogP contribution in [0.15, 0.2) is 42.5 Å². The number of carbonyl (C=O) groups excluding carboxylic acids is 2. The molecule has 1 aliphatic heterocycles. The highest BCUT2D eigenvalue weighted by atomic mass is 35.5. The van der Waals surface area contributed by atoms with Crippen molar-refractivity contribution in [3.63, 3.8) is 0 Å². The van der Waals surface area contributed by atoms with Crippen LogP contribution in [0.5, 0.6) is 5.75 Å². The van der Waals surface area contributed by atoms with Crippen molar-refractivity contribution in [3.05, 3.63) is 47.5 Å². The lowest BCUT2D eigenvalue weighted by Gasteiger charge is -2.29. The molecule has 0 radical (unpaired) electrons. The second kappa shape index (κ2) is 7.44. The van der Waals surface area contributed by atoms with Crippen LogP contribution in [0.3, 0.4) is 0 Å². The van der Waals surface area contributed by atoms with Crippen LogP contribution in [0.25, 0.3) is 0 Å². The van der Waals surface area contributed by atoms with Gasteiger partial charge in [-0.2, -0.15) is 0 Å². The number of fused-ring (bicyclic) bond motifs is 1. The van der Waals surface area contributed by atoms with E-state index in [-0.39, 0.29) is 18.5 Å². The molecule has 1 aliphatic rings. The van der Waals surface area contributed by atoms with Crippen LogP contribution >= 0.6 is 11.6 Å². The second-order valence-corrected chi connectivity index (χ2v) is 6.04. The molecular formula is C18H18ClN3O3. The maximum absolute atomic E-state index is 12.1. The van der Waals surface area contributed by atoms with Gasteiger partial charge >= 0.3 is 6.03 Å². The van der Waals surface area contributed by atoms with E-state index in [2.05, 4.69) is 10.6 Å². The number of carbonyl (C=O) groups is 2. The van der Waals surface area contributed by atoms with Crippen molar-refractivity contribution >= 4 is 40.6 Å². The number of hydrogen-bond donors (Lipinski definition) is 2. The summed E-state index contributed by atoms with van der Waals surface area (Å²) < 4.78 is 5.45. The van der Waals surface area contributed by atoms with Gasteiger partial charge in [0.05, 0.1) is 5.69 Å². The smallest absolute Gasteiger partial charge is 0.323 e. The van der Waals surface area contributed by atoms with Gasteiger partial charge in [0.2, 0.25) is 0 Å². The summed E-state index contributed by atoms with van der Waals surface area (Å²) in [6, 6.07) is 11.7. The third-order valence-electron chi connectivity index (χ3n) is 3.71. The van der Waals surface area contributed by atoms with Gasteiger partial charge in [-0.1, -0.05) is 18.5 Å². The normalized spacial score (nSPS) is 13.0. The van der Waals surface area contributed by atoms with Gasteiger partial charge in [0.1, 0.15) is 5.75 Å². The predicted molar refractivity (Wildman–Crippen MR) is 98.7 cm³/mol. The molecule has 6 nitrogen and oxygen atoms in total. The molecule has 3 rings (SSSR count). The van der Waals surface area contributed by atoms with Gasteiger partial charge in [-0.25, -0.2) is 4.79 Å². The fourth-order valence-electron chi connectivity index (χ4n) is 2.58. The number of benzene rings is 2. The summed E-state index contributed by atoms with van der Waals surface area (Å²) in [7, 11) is 0. The lowest BCUT2D eigenvalue weighted by atomic mass is 10.2. The molecule has 0 bridgehead atoms. The Morgan fingerprint density at radius 2 is 1.84 bits per heavy atom. The number of nitrogens with zero attached hydrogens (tertiary/aromatic N) is 1. The number of hydrogen-bond acceptors (Lipinski definition) is 3. The molecule has 0 aromatic heterocycles. The number of amides is 3. The van der Waals surface area contributed by atoms with Crippen LogP contribution in [0.4, 0.5) is 21.9 Å². The molecule has 0 atom stereocenters. The van der Waals surface area contributed by atoms with Crippen LogP contribution in [-0.2, 0) is 4.79 Å². The third kappa shape index (κ3) is 4.03. The van der Waals surface area contributed by atoms with E-state index in [0.29, 0.717) is 34.4 Å². The maximum atomic E-state index is 12.1. The molecule has 3 amide bonds. The van der Waals surface area contributed by atoms with Gasteiger partial charge in [-0.05, 0) is 48.9 Å². The van der Waals surface area contributed by atoms with E-state index in [0.717, 1.165) is 6.42 Å². The summed E-state index contributed by atoms with van der Waals surface area (Å²) in [5.74, 6) is 0.550. The molecule has 2 aromatic rings. The maximum Gasteiger partial charge on any atom is 0.323 e. The lowest BCUT2D eigenvalue weighted by molar-refractivity contribution is -0.121. The Bertz CT molecular complexity index is 793. The summed E-state index contributed by atoms with van der Waals surface area (Å²) in [5.41, 5.74) is 1.87. The van der Waals surface area contributed by atoms with E-state index in [9.17, 15) is 9.59 Å². The average Bonchev–Trinajstić information content (AvgIpc) is 2.59. The van der Waals surface area contributed by atoms with Crippen molar-refractivity contribution in [2.24, 2.45) is 0 Å². The van der Waals surface area contributed by atoms with E-state index in [1.807, 2.05) is 6.92 Å². The number of halogens is 1. The molecular weight excluding hydrogens is 342 g/mol. The Morgan fingerprint density at radius 3 is 2.56 bits per heavy atom. The summed E-state index contributed by atoms with van der Waals surface area (Å²) in [6.07, 6.45) is 0.833. The van der Waals surface area contributed by atoms with Gasteiger partial charge in [0, 0.05) is 22.9 Å². The SMILES string of the molecule is CCCN1C(=O)COc2ccc(NC(=O)Nc3ccc(Cl)cc3)cc21. The molecule has 25 heavy (non-hydrogen) atoms. The molecule has 0 aliphatic carbocycles. The van der Waals surface area contributed by atoms with Crippen LogP contribution in [-0.4, -0.2) is 25.1 Å². The Morgan fingerprint density at radius 1 is 1.16 bits per heavy atom. The Hall–Kier alpha value is -2.73. The number of anilines is 3. The number of nitrogens with one attached hydrogen (secondary N) is 2. The molecule has 0 saturated heterocycles. The zero-order chi connectivity index (χ0) is 17.8. The fourth-order valence-corrected chi connectivity index (χ4v) is 2.70. The Labute approximate surface area is 150 Å². The van der Waals surface area contributed by atoms with Crippen molar-refractivity contribution in [2.45, 2.75) is 13.3 Å². The number of urea groups is 1. The van der Waals surface area contributed by atoms with Gasteiger partial charge in [0.25, 0.3) is 5.91 Å². The summed E-state index contributed by atoms with van der Waals surface area (Å²) in [6.45, 7) is 2.65. The third-order valence-corrected chi connectivity index (χ3v) is 3.96. The van der Waals surface area contributed by atoms with E-state index in [1.165, 1.54) is 0 Å². The van der Waals surface area contributed by atoms with E-state index in [4.69, 9.17) is 16.3 Å². The first-order chi connectivity index (χ1) is 12.1. The van der Waals surface area contributed by atoms with Gasteiger partial charge in [-0.3, -0.25) is 4.79 Å². The molecule has 0 saturated carbocycles. The number of ether oxygens (including phenoxy) is 1. The molecule has 2 N–H and O–H groups in total. The second-order valence-electron chi connectivity index (χ2n) is 5.60. The molecule has 0 spiro atoms. The molecule has 2 aromatic carbocycles. The van der Waals surface area contributed by atoms with Crippen molar-refractivity contribution in [3.8, 4) is 5.75 Å². The fraction of sp³-hybridized carbons (Fsp3) is 0.222. The van der Waals surface area contributed by atoms with Crippen molar-refractivity contribution < 1.29 is 14.3 Å². The van der Waals surface area contributed by atoms with E-state index >= 15 is 0 Å². The average molecular weight is 360 g/mol. The number of rotatable bonds is 4. The quantitative estimate of drug-likeness (QED) is 0.862. The first kappa shape index (κ1) is 17.1. The lowest BCUT2D eigenvalue weighted by Crippen LogP contribution is -2.39. The molecule has 0 fully saturated rings. The largest absolute Gasteiger partial charge is 0.482 e. The minimum absolute atomic E-state index is 0.0385. The summed E-state index contributed by atoms with van der Waals surface area (Å²) in [5, 5.41) is 6.08. The highest BCUT2D eigenvalue weighted by Gasteiger charge is 2.25. The highest BCUT2D eigenvalue weighted by molar-refractivity contribution is 6.30. The van der Waals surface area contributed by atoms with E-state index in [1.54, 1.807) is 47.4 Å². The Kier molecular flexibility index (Phi) is 5.09. The summed E-state index contributed by atoms with van der Waals surface area (Å²) in [4.78, 5) is 25.9. The topological polar surface area (TPSA) is 70.7 Å². The van der Waals surface area contributed by atoms with Gasteiger partial charge in [-0.15, -0.1) is 0 Å². The molecule has 130 valence electrons. The first-order valence-corrected chi connectivity index (χ1v) is 8.35. The van der Waals surface area contributed by atoms with Crippen LogP contribution in [0.2, 0.25) is 5.02 Å². The Balaban J connectivity index is 1.74. The van der Waals surface area contributed by atoms with Crippen molar-refractivity contribution in [2.75, 3.05) is 28.7 Å². The first-order valence-electron chi connectivity index (χ1n) is 7.97. The minimum atomic E-state index is -0.382. The van der Waals surface area contributed by atoms with Crippen molar-refractivity contribution in [1.82, 2.24) is 0 Å². The van der Waals surface area contributed by atoms with Crippen molar-refractivity contribution in [1.29, 1.82) is 0 Å².